The summed E-state index contributed by atoms with van der Waals surface area (Å²) >= 11 is 0. The van der Waals surface area contributed by atoms with E-state index in [0.717, 1.165) is 32.1 Å². The average molecular weight is 229 g/mol. The molecule has 1 aliphatic carbocycles. The van der Waals surface area contributed by atoms with Gasteiger partial charge in [-0.25, -0.2) is 8.42 Å². The van der Waals surface area contributed by atoms with Gasteiger partial charge in [-0.1, -0.05) is 25.2 Å². The number of hydrogen-bond donors (Lipinski definition) is 1. The maximum Gasteiger partial charge on any atom is 0.215 e. The van der Waals surface area contributed by atoms with Crippen LogP contribution >= 0.6 is 0 Å². The first kappa shape index (κ1) is 12.5. The highest BCUT2D eigenvalue weighted by molar-refractivity contribution is 7.90. The van der Waals surface area contributed by atoms with E-state index in [9.17, 15) is 8.42 Å². The molecule has 86 valence electrons. The van der Waals surface area contributed by atoms with Crippen molar-refractivity contribution in [2.75, 3.05) is 0 Å². The average Bonchev–Trinajstić information content (AvgIpc) is 2.18. The minimum absolute atomic E-state index is 0.251. The molecule has 0 amide bonds. The summed E-state index contributed by atoms with van der Waals surface area (Å²) in [6, 6.07) is 0. The van der Waals surface area contributed by atoms with Crippen molar-refractivity contribution in [1.29, 1.82) is 0 Å². The zero-order valence-electron chi connectivity index (χ0n) is 9.41. The second-order valence-corrected chi connectivity index (χ2v) is 6.64. The molecule has 0 spiro atoms. The normalized spacial score (nSPS) is 19.8. The Hall–Kier alpha value is -0.530. The van der Waals surface area contributed by atoms with E-state index in [0.29, 0.717) is 0 Å². The van der Waals surface area contributed by atoms with E-state index in [1.807, 2.05) is 0 Å². The minimum Gasteiger partial charge on any atom is -0.212 e. The summed E-state index contributed by atoms with van der Waals surface area (Å²) in [6.45, 7) is 3.40. The van der Waals surface area contributed by atoms with E-state index in [1.165, 1.54) is 0 Å². The van der Waals surface area contributed by atoms with Crippen LogP contribution in [0.3, 0.4) is 0 Å². The first-order valence-corrected chi connectivity index (χ1v) is 6.92. The number of terminal acetylenes is 1. The maximum atomic E-state index is 12.0. The zero-order chi connectivity index (χ0) is 11.5. The second-order valence-electron chi connectivity index (χ2n) is 4.68. The van der Waals surface area contributed by atoms with Gasteiger partial charge in [0.15, 0.2) is 0 Å². The number of hydrogen-bond acceptors (Lipinski definition) is 2. The van der Waals surface area contributed by atoms with Gasteiger partial charge in [-0.05, 0) is 26.7 Å². The van der Waals surface area contributed by atoms with Gasteiger partial charge in [0.05, 0.1) is 10.8 Å². The molecular weight excluding hydrogens is 210 g/mol. The van der Waals surface area contributed by atoms with Crippen molar-refractivity contribution in [2.24, 2.45) is 0 Å². The van der Waals surface area contributed by atoms with E-state index < -0.39 is 15.6 Å². The molecular formula is C11H19NO2S. The Morgan fingerprint density at radius 3 is 2.27 bits per heavy atom. The van der Waals surface area contributed by atoms with E-state index in [1.54, 1.807) is 13.8 Å². The molecule has 3 nitrogen and oxygen atoms in total. The summed E-state index contributed by atoms with van der Waals surface area (Å²) in [5.41, 5.74) is -0.781. The number of sulfonamides is 1. The molecule has 1 fully saturated rings. The van der Waals surface area contributed by atoms with E-state index >= 15 is 0 Å². The Bertz CT molecular complexity index is 345. The van der Waals surface area contributed by atoms with Gasteiger partial charge < -0.3 is 0 Å². The van der Waals surface area contributed by atoms with Gasteiger partial charge in [0.25, 0.3) is 0 Å². The lowest BCUT2D eigenvalue weighted by atomic mass is 10.0. The fraction of sp³-hybridized carbons (Fsp3) is 0.818. The smallest absolute Gasteiger partial charge is 0.212 e. The maximum absolute atomic E-state index is 12.0. The Morgan fingerprint density at radius 1 is 1.27 bits per heavy atom. The number of rotatable bonds is 3. The lowest BCUT2D eigenvalue weighted by Crippen LogP contribution is -2.46. The summed E-state index contributed by atoms with van der Waals surface area (Å²) in [4.78, 5) is 0. The molecule has 1 N–H and O–H groups in total. The summed E-state index contributed by atoms with van der Waals surface area (Å²) in [5.74, 6) is 2.45. The molecule has 0 unspecified atom stereocenters. The molecule has 1 aliphatic rings. The molecule has 0 bridgehead atoms. The van der Waals surface area contributed by atoms with Crippen LogP contribution in [0, 0.1) is 12.3 Å². The monoisotopic (exact) mass is 229 g/mol. The van der Waals surface area contributed by atoms with Gasteiger partial charge >= 0.3 is 0 Å². The van der Waals surface area contributed by atoms with Crippen LogP contribution in [-0.2, 0) is 10.0 Å². The van der Waals surface area contributed by atoms with Gasteiger partial charge in [0.2, 0.25) is 10.0 Å². The third-order valence-corrected chi connectivity index (χ3v) is 4.89. The molecule has 0 aliphatic heterocycles. The van der Waals surface area contributed by atoms with Crippen molar-refractivity contribution in [3.05, 3.63) is 0 Å². The van der Waals surface area contributed by atoms with E-state index in [-0.39, 0.29) is 5.25 Å². The van der Waals surface area contributed by atoms with Crippen LogP contribution in [0.4, 0.5) is 0 Å². The predicted molar refractivity (Wildman–Crippen MR) is 61.8 cm³/mol. The molecule has 0 saturated heterocycles. The van der Waals surface area contributed by atoms with Crippen LogP contribution in [0.1, 0.15) is 46.0 Å². The first-order chi connectivity index (χ1) is 6.87. The van der Waals surface area contributed by atoms with Gasteiger partial charge in [-0.3, -0.25) is 0 Å². The lowest BCUT2D eigenvalue weighted by molar-refractivity contribution is 0.465. The quantitative estimate of drug-likeness (QED) is 0.748. The highest BCUT2D eigenvalue weighted by atomic mass is 32.2. The second kappa shape index (κ2) is 4.54. The fourth-order valence-corrected chi connectivity index (χ4v) is 3.73. The van der Waals surface area contributed by atoms with Crippen LogP contribution in [0.15, 0.2) is 0 Å². The first-order valence-electron chi connectivity index (χ1n) is 5.38. The molecule has 0 aromatic heterocycles. The van der Waals surface area contributed by atoms with E-state index in [4.69, 9.17) is 6.42 Å². The van der Waals surface area contributed by atoms with Gasteiger partial charge in [-0.15, -0.1) is 6.42 Å². The zero-order valence-corrected chi connectivity index (χ0v) is 10.2. The number of nitrogens with one attached hydrogen (secondary N) is 1. The molecule has 1 saturated carbocycles. The van der Waals surface area contributed by atoms with Crippen molar-refractivity contribution in [3.8, 4) is 12.3 Å². The highest BCUT2D eigenvalue weighted by Gasteiger charge is 2.31. The van der Waals surface area contributed by atoms with Crippen LogP contribution in [0.25, 0.3) is 0 Å². The Morgan fingerprint density at radius 2 is 1.80 bits per heavy atom. The molecule has 4 heteroatoms. The lowest BCUT2D eigenvalue weighted by Gasteiger charge is -2.26. The fourth-order valence-electron chi connectivity index (χ4n) is 1.84. The molecule has 0 atom stereocenters. The van der Waals surface area contributed by atoms with Crippen LogP contribution < -0.4 is 4.72 Å². The summed E-state index contributed by atoms with van der Waals surface area (Å²) in [6.07, 6.45) is 9.93. The van der Waals surface area contributed by atoms with E-state index in [2.05, 4.69) is 10.6 Å². The van der Waals surface area contributed by atoms with Crippen LogP contribution in [-0.4, -0.2) is 19.2 Å². The summed E-state index contributed by atoms with van der Waals surface area (Å²) < 4.78 is 26.5. The van der Waals surface area contributed by atoms with Crippen molar-refractivity contribution in [1.82, 2.24) is 4.72 Å². The summed E-state index contributed by atoms with van der Waals surface area (Å²) in [7, 11) is -3.25. The highest BCUT2D eigenvalue weighted by Crippen LogP contribution is 2.24. The van der Waals surface area contributed by atoms with Crippen molar-refractivity contribution in [3.63, 3.8) is 0 Å². The molecule has 0 heterocycles. The molecule has 15 heavy (non-hydrogen) atoms. The minimum atomic E-state index is -3.25. The molecule has 1 rings (SSSR count). The Balaban J connectivity index is 2.71. The Labute approximate surface area is 92.7 Å². The molecule has 0 radical (unpaired) electrons. The van der Waals surface area contributed by atoms with Gasteiger partial charge in [0.1, 0.15) is 0 Å². The molecule has 0 aromatic carbocycles. The van der Waals surface area contributed by atoms with Crippen LogP contribution in [0.5, 0.6) is 0 Å². The molecule has 0 aromatic rings. The SMILES string of the molecule is C#CC(C)(C)NS(=O)(=O)C1CCCCC1. The third kappa shape index (κ3) is 3.51. The van der Waals surface area contributed by atoms with Crippen LogP contribution in [0.2, 0.25) is 0 Å². The van der Waals surface area contributed by atoms with Crippen molar-refractivity contribution < 1.29 is 8.42 Å². The van der Waals surface area contributed by atoms with Gasteiger partial charge in [-0.2, -0.15) is 4.72 Å². The predicted octanol–water partition coefficient (Wildman–Crippen LogP) is 1.65. The van der Waals surface area contributed by atoms with Crippen molar-refractivity contribution >= 4 is 10.0 Å². The summed E-state index contributed by atoms with van der Waals surface area (Å²) in [5, 5.41) is -0.251. The standard InChI is InChI=1S/C11H19NO2S/c1-4-11(2,3)12-15(13,14)10-8-6-5-7-9-10/h1,10,12H,5-9H2,2-3H3. The topological polar surface area (TPSA) is 46.2 Å². The largest absolute Gasteiger partial charge is 0.215 e. The van der Waals surface area contributed by atoms with Crippen molar-refractivity contribution in [2.45, 2.75) is 56.7 Å². The third-order valence-electron chi connectivity index (χ3n) is 2.75. The van der Waals surface area contributed by atoms with Gasteiger partial charge in [0, 0.05) is 0 Å². The Kier molecular flexibility index (Phi) is 3.80.